The summed E-state index contributed by atoms with van der Waals surface area (Å²) in [6.45, 7) is 0.689. The molecule has 0 unspecified atom stereocenters. The van der Waals surface area contributed by atoms with Gasteiger partial charge in [-0.05, 0) is 48.5 Å². The summed E-state index contributed by atoms with van der Waals surface area (Å²) in [6.07, 6.45) is 0. The number of ether oxygens (including phenoxy) is 1. The maximum Gasteiger partial charge on any atom is 0.119 e. The van der Waals surface area contributed by atoms with Crippen LogP contribution in [0.5, 0.6) is 5.75 Å². The van der Waals surface area contributed by atoms with E-state index in [2.05, 4.69) is 15.9 Å². The zero-order valence-electron chi connectivity index (χ0n) is 9.61. The van der Waals surface area contributed by atoms with Crippen LogP contribution in [0.2, 0.25) is 5.02 Å². The normalized spacial score (nSPS) is 10.3. The van der Waals surface area contributed by atoms with Gasteiger partial charge in [0.1, 0.15) is 5.75 Å². The molecule has 0 heterocycles. The van der Waals surface area contributed by atoms with Gasteiger partial charge in [0.25, 0.3) is 0 Å². The highest BCUT2D eigenvalue weighted by molar-refractivity contribution is 9.10. The van der Waals surface area contributed by atoms with E-state index in [1.54, 1.807) is 11.8 Å². The fourth-order valence-corrected chi connectivity index (χ4v) is 2.50. The first-order chi connectivity index (χ1) is 8.74. The second-order valence-corrected chi connectivity index (χ2v) is 6.13. The maximum absolute atomic E-state index is 5.83. The van der Waals surface area contributed by atoms with Crippen LogP contribution >= 0.6 is 39.3 Å². The van der Waals surface area contributed by atoms with Crippen molar-refractivity contribution in [2.45, 2.75) is 4.90 Å². The largest absolute Gasteiger partial charge is 0.493 e. The lowest BCUT2D eigenvalue weighted by atomic mass is 10.3. The summed E-state index contributed by atoms with van der Waals surface area (Å²) in [5, 5.41) is 0.769. The Kier molecular flexibility index (Phi) is 5.42. The monoisotopic (exact) mass is 342 g/mol. The van der Waals surface area contributed by atoms with Crippen molar-refractivity contribution in [3.63, 3.8) is 0 Å². The molecule has 0 fully saturated rings. The van der Waals surface area contributed by atoms with Crippen LogP contribution in [-0.4, -0.2) is 12.4 Å². The van der Waals surface area contributed by atoms with Crippen molar-refractivity contribution in [1.29, 1.82) is 0 Å². The first-order valence-electron chi connectivity index (χ1n) is 5.51. The Morgan fingerprint density at radius 1 is 1.00 bits per heavy atom. The zero-order valence-corrected chi connectivity index (χ0v) is 12.8. The summed E-state index contributed by atoms with van der Waals surface area (Å²) >= 11 is 11.0. The molecule has 0 bridgehead atoms. The fourth-order valence-electron chi connectivity index (χ4n) is 1.38. The number of halogens is 2. The molecule has 4 heteroatoms. The van der Waals surface area contributed by atoms with Gasteiger partial charge in [-0.1, -0.05) is 27.5 Å². The molecule has 0 radical (unpaired) electrons. The first kappa shape index (κ1) is 13.8. The van der Waals surface area contributed by atoms with Crippen molar-refractivity contribution >= 4 is 39.3 Å². The average molecular weight is 344 g/mol. The molecule has 0 N–H and O–H groups in total. The molecular weight excluding hydrogens is 332 g/mol. The molecule has 0 saturated carbocycles. The van der Waals surface area contributed by atoms with Crippen molar-refractivity contribution in [2.24, 2.45) is 0 Å². The predicted molar refractivity (Wildman–Crippen MR) is 81.8 cm³/mol. The Hall–Kier alpha value is -0.640. The molecule has 94 valence electrons. The molecule has 0 amide bonds. The molecule has 18 heavy (non-hydrogen) atoms. The smallest absolute Gasteiger partial charge is 0.119 e. The van der Waals surface area contributed by atoms with E-state index in [-0.39, 0.29) is 0 Å². The molecule has 0 aliphatic heterocycles. The third-order valence-corrected chi connectivity index (χ3v) is 4.00. The van der Waals surface area contributed by atoms with Crippen LogP contribution in [0.25, 0.3) is 0 Å². The van der Waals surface area contributed by atoms with Crippen LogP contribution in [-0.2, 0) is 0 Å². The van der Waals surface area contributed by atoms with Crippen molar-refractivity contribution < 1.29 is 4.74 Å². The molecule has 0 aliphatic carbocycles. The zero-order chi connectivity index (χ0) is 12.8. The number of thioether (sulfide) groups is 1. The quantitative estimate of drug-likeness (QED) is 0.540. The van der Waals surface area contributed by atoms with Gasteiger partial charge >= 0.3 is 0 Å². The molecule has 2 aromatic carbocycles. The Morgan fingerprint density at radius 3 is 2.33 bits per heavy atom. The maximum atomic E-state index is 5.83. The lowest BCUT2D eigenvalue weighted by Gasteiger charge is -2.06. The second-order valence-electron chi connectivity index (χ2n) is 3.60. The minimum absolute atomic E-state index is 0.689. The van der Waals surface area contributed by atoms with Crippen molar-refractivity contribution in [3.8, 4) is 5.75 Å². The number of hydrogen-bond acceptors (Lipinski definition) is 2. The molecule has 0 atom stereocenters. The topological polar surface area (TPSA) is 9.23 Å². The molecule has 1 nitrogen and oxygen atoms in total. The predicted octanol–water partition coefficient (Wildman–Crippen LogP) is 5.27. The van der Waals surface area contributed by atoms with Gasteiger partial charge in [-0.15, -0.1) is 11.8 Å². The van der Waals surface area contributed by atoms with Gasteiger partial charge in [-0.3, -0.25) is 0 Å². The minimum Gasteiger partial charge on any atom is -0.493 e. The fraction of sp³-hybridized carbons (Fsp3) is 0.143. The average Bonchev–Trinajstić information content (AvgIpc) is 2.39. The lowest BCUT2D eigenvalue weighted by Crippen LogP contribution is -1.99. The Morgan fingerprint density at radius 2 is 1.67 bits per heavy atom. The van der Waals surface area contributed by atoms with E-state index >= 15 is 0 Å². The summed E-state index contributed by atoms with van der Waals surface area (Å²) in [6, 6.07) is 15.7. The third-order valence-electron chi connectivity index (χ3n) is 2.25. The van der Waals surface area contributed by atoms with Crippen LogP contribution in [0.15, 0.2) is 57.9 Å². The van der Waals surface area contributed by atoms with E-state index < -0.39 is 0 Å². The highest BCUT2D eigenvalue weighted by atomic mass is 79.9. The molecule has 2 aromatic rings. The Labute approximate surface area is 125 Å². The van der Waals surface area contributed by atoms with Crippen LogP contribution < -0.4 is 4.74 Å². The Bertz CT molecular complexity index is 437. The summed E-state index contributed by atoms with van der Waals surface area (Å²) < 4.78 is 6.70. The van der Waals surface area contributed by atoms with E-state index in [1.807, 2.05) is 48.5 Å². The molecule has 0 aromatic heterocycles. The van der Waals surface area contributed by atoms with Crippen molar-refractivity contribution in [1.82, 2.24) is 0 Å². The Balaban J connectivity index is 1.73. The summed E-state index contributed by atoms with van der Waals surface area (Å²) in [4.78, 5) is 1.21. The van der Waals surface area contributed by atoms with Gasteiger partial charge in [-0.2, -0.15) is 0 Å². The standard InChI is InChI=1S/C14H12BrClOS/c15-11-1-5-13(6-2-11)17-9-10-18-14-7-3-12(16)4-8-14/h1-8H,9-10H2. The van der Waals surface area contributed by atoms with Gasteiger partial charge in [0.15, 0.2) is 0 Å². The third kappa shape index (κ3) is 4.56. The van der Waals surface area contributed by atoms with Gasteiger partial charge in [0, 0.05) is 20.1 Å². The lowest BCUT2D eigenvalue weighted by molar-refractivity contribution is 0.344. The summed E-state index contributed by atoms with van der Waals surface area (Å²) in [7, 11) is 0. The van der Waals surface area contributed by atoms with E-state index in [0.717, 1.165) is 21.0 Å². The minimum atomic E-state index is 0.689. The van der Waals surface area contributed by atoms with Crippen LogP contribution in [0, 0.1) is 0 Å². The molecule has 0 saturated heterocycles. The number of hydrogen-bond donors (Lipinski definition) is 0. The van der Waals surface area contributed by atoms with E-state index in [0.29, 0.717) is 6.61 Å². The molecule has 0 spiro atoms. The van der Waals surface area contributed by atoms with Crippen LogP contribution in [0.4, 0.5) is 0 Å². The molecular formula is C14H12BrClOS. The van der Waals surface area contributed by atoms with Crippen molar-refractivity contribution in [3.05, 3.63) is 58.0 Å². The highest BCUT2D eigenvalue weighted by Gasteiger charge is 1.96. The SMILES string of the molecule is Clc1ccc(SCCOc2ccc(Br)cc2)cc1. The summed E-state index contributed by atoms with van der Waals surface area (Å²) in [5.74, 6) is 1.81. The molecule has 2 rings (SSSR count). The number of benzene rings is 2. The van der Waals surface area contributed by atoms with E-state index in [4.69, 9.17) is 16.3 Å². The first-order valence-corrected chi connectivity index (χ1v) is 7.66. The molecule has 0 aliphatic rings. The van der Waals surface area contributed by atoms with Gasteiger partial charge < -0.3 is 4.74 Å². The number of rotatable bonds is 5. The van der Waals surface area contributed by atoms with Gasteiger partial charge in [0.05, 0.1) is 6.61 Å². The van der Waals surface area contributed by atoms with Crippen molar-refractivity contribution in [2.75, 3.05) is 12.4 Å². The van der Waals surface area contributed by atoms with Crippen LogP contribution in [0.1, 0.15) is 0 Å². The van der Waals surface area contributed by atoms with E-state index in [1.165, 1.54) is 4.90 Å². The second kappa shape index (κ2) is 7.07. The summed E-state index contributed by atoms with van der Waals surface area (Å²) in [5.41, 5.74) is 0. The van der Waals surface area contributed by atoms with E-state index in [9.17, 15) is 0 Å². The van der Waals surface area contributed by atoms with Gasteiger partial charge in [-0.25, -0.2) is 0 Å². The van der Waals surface area contributed by atoms with Crippen LogP contribution in [0.3, 0.4) is 0 Å². The van der Waals surface area contributed by atoms with Gasteiger partial charge in [0.2, 0.25) is 0 Å². The highest BCUT2D eigenvalue weighted by Crippen LogP contribution is 2.21.